The number of halogens is 3. The van der Waals surface area contributed by atoms with E-state index in [9.17, 15) is 23.1 Å². The van der Waals surface area contributed by atoms with Crippen LogP contribution in [-0.4, -0.2) is 35.4 Å². The van der Waals surface area contributed by atoms with Crippen molar-refractivity contribution >= 4 is 5.78 Å². The van der Waals surface area contributed by atoms with Crippen molar-refractivity contribution in [1.82, 2.24) is 0 Å². The number of carbonyl (C=O) groups is 1. The van der Waals surface area contributed by atoms with Crippen LogP contribution in [0.3, 0.4) is 0 Å². The van der Waals surface area contributed by atoms with Gasteiger partial charge in [-0.3, -0.25) is 4.79 Å². The lowest BCUT2D eigenvalue weighted by molar-refractivity contribution is -0.173. The van der Waals surface area contributed by atoms with Gasteiger partial charge < -0.3 is 9.84 Å². The maximum Gasteiger partial charge on any atom is 0.450 e. The molecule has 0 bridgehead atoms. The largest absolute Gasteiger partial charge is 0.450 e. The number of carbonyl (C=O) groups excluding carboxylic acids is 1. The Balaban J connectivity index is 1.45. The molecular formula is C24H35F3O3. The Kier molecular flexibility index (Phi) is 5.45. The average molecular weight is 429 g/mol. The summed E-state index contributed by atoms with van der Waals surface area (Å²) in [6, 6.07) is 0. The van der Waals surface area contributed by atoms with Gasteiger partial charge in [0.1, 0.15) is 0 Å². The van der Waals surface area contributed by atoms with Crippen LogP contribution < -0.4 is 0 Å². The Hall–Kier alpha value is -0.880. The van der Waals surface area contributed by atoms with Gasteiger partial charge in [-0.15, -0.1) is 0 Å². The molecule has 3 fully saturated rings. The van der Waals surface area contributed by atoms with Crippen molar-refractivity contribution in [2.24, 2.45) is 28.6 Å². The van der Waals surface area contributed by atoms with Crippen molar-refractivity contribution in [1.29, 1.82) is 0 Å². The zero-order chi connectivity index (χ0) is 21.9. The fourth-order valence-electron chi connectivity index (χ4n) is 7.47. The predicted molar refractivity (Wildman–Crippen MR) is 108 cm³/mol. The van der Waals surface area contributed by atoms with Gasteiger partial charge in [-0.1, -0.05) is 25.5 Å². The number of alkyl halides is 3. The van der Waals surface area contributed by atoms with Gasteiger partial charge in [0.05, 0.1) is 18.3 Å². The molecule has 0 aromatic heterocycles. The number of ether oxygens (including phenoxy) is 1. The second-order valence-corrected chi connectivity index (χ2v) is 11.1. The summed E-state index contributed by atoms with van der Waals surface area (Å²) < 4.78 is 43.3. The van der Waals surface area contributed by atoms with Crippen LogP contribution in [0.4, 0.5) is 13.2 Å². The molecule has 4 aliphatic rings. The Morgan fingerprint density at radius 1 is 1.13 bits per heavy atom. The number of allylic oxidation sites excluding steroid dienone is 1. The summed E-state index contributed by atoms with van der Waals surface area (Å²) >= 11 is 0. The quantitative estimate of drug-likeness (QED) is 0.592. The molecule has 0 aromatic rings. The topological polar surface area (TPSA) is 46.5 Å². The molecule has 1 N–H and O–H groups in total. The van der Waals surface area contributed by atoms with E-state index in [0.29, 0.717) is 17.8 Å². The van der Waals surface area contributed by atoms with E-state index in [1.165, 1.54) is 5.57 Å². The van der Waals surface area contributed by atoms with Crippen LogP contribution in [0.2, 0.25) is 0 Å². The van der Waals surface area contributed by atoms with E-state index in [4.69, 9.17) is 4.74 Å². The van der Waals surface area contributed by atoms with Crippen LogP contribution in [-0.2, 0) is 9.53 Å². The highest BCUT2D eigenvalue weighted by Gasteiger charge is 2.59. The van der Waals surface area contributed by atoms with Crippen molar-refractivity contribution in [3.05, 3.63) is 11.6 Å². The van der Waals surface area contributed by atoms with Crippen molar-refractivity contribution in [3.63, 3.8) is 0 Å². The summed E-state index contributed by atoms with van der Waals surface area (Å²) in [7, 11) is 0. The highest BCUT2D eigenvalue weighted by atomic mass is 19.4. The Bertz CT molecular complexity index is 728. The molecule has 3 unspecified atom stereocenters. The van der Waals surface area contributed by atoms with E-state index in [1.54, 1.807) is 0 Å². The Morgan fingerprint density at radius 3 is 2.57 bits per heavy atom. The van der Waals surface area contributed by atoms with Crippen molar-refractivity contribution in [3.8, 4) is 0 Å². The maximum atomic E-state index is 12.5. The molecule has 0 spiro atoms. The lowest BCUT2D eigenvalue weighted by atomic mass is 9.47. The number of fused-ring (bicyclic) bond motifs is 5. The van der Waals surface area contributed by atoms with E-state index in [-0.39, 0.29) is 23.5 Å². The smallest absolute Gasteiger partial charge is 0.390 e. The van der Waals surface area contributed by atoms with E-state index >= 15 is 0 Å². The van der Waals surface area contributed by atoms with Gasteiger partial charge in [-0.2, -0.15) is 13.2 Å². The second kappa shape index (κ2) is 7.33. The number of Topliss-reactive ketones (excluding diaryl/α,β-unsaturated/α-hetero) is 1. The minimum Gasteiger partial charge on any atom is -0.390 e. The van der Waals surface area contributed by atoms with Gasteiger partial charge >= 0.3 is 6.18 Å². The molecule has 3 saturated carbocycles. The number of hydrogen-bond donors (Lipinski definition) is 1. The van der Waals surface area contributed by atoms with Gasteiger partial charge in [0.25, 0.3) is 0 Å². The first-order valence-corrected chi connectivity index (χ1v) is 11.5. The average Bonchev–Trinajstić information content (AvgIpc) is 2.98. The molecule has 0 saturated heterocycles. The van der Waals surface area contributed by atoms with E-state index in [1.807, 2.05) is 6.92 Å². The first kappa shape index (κ1) is 22.3. The highest BCUT2D eigenvalue weighted by Crippen LogP contribution is 2.65. The van der Waals surface area contributed by atoms with Crippen LogP contribution >= 0.6 is 0 Å². The normalized spacial score (nSPS) is 45.9. The molecule has 0 aromatic carbocycles. The molecule has 0 amide bonds. The molecular weight excluding hydrogens is 393 g/mol. The summed E-state index contributed by atoms with van der Waals surface area (Å²) in [5, 5.41) is 10.6. The molecule has 30 heavy (non-hydrogen) atoms. The number of ketones is 1. The van der Waals surface area contributed by atoms with Crippen LogP contribution in [0.25, 0.3) is 0 Å². The predicted octanol–water partition coefficient (Wildman–Crippen LogP) is 5.61. The molecule has 0 heterocycles. The standard InChI is InChI=1S/C24H35F3O3/c1-21(29)11-12-22(2)15(14-21)4-5-16-17-6-7-20(23(17,3)10-8-18(16)22)30-13-9-19(28)24(25,26)27/h4,16-18,20,29H,5-14H2,1-3H3/t16?,17?,18?,20-,21-,22-,23-/m0/s1. The van der Waals surface area contributed by atoms with Gasteiger partial charge in [0.15, 0.2) is 0 Å². The summed E-state index contributed by atoms with van der Waals surface area (Å²) in [4.78, 5) is 11.2. The zero-order valence-corrected chi connectivity index (χ0v) is 18.4. The van der Waals surface area contributed by atoms with Gasteiger partial charge in [0.2, 0.25) is 5.78 Å². The third kappa shape index (κ3) is 3.66. The Morgan fingerprint density at radius 2 is 1.87 bits per heavy atom. The van der Waals surface area contributed by atoms with Crippen LogP contribution in [0.15, 0.2) is 11.6 Å². The fraction of sp³-hybridized carbons (Fsp3) is 0.875. The molecule has 0 aliphatic heterocycles. The maximum absolute atomic E-state index is 12.5. The fourth-order valence-corrected chi connectivity index (χ4v) is 7.47. The van der Waals surface area contributed by atoms with Crippen molar-refractivity contribution in [2.75, 3.05) is 6.61 Å². The molecule has 6 heteroatoms. The van der Waals surface area contributed by atoms with Crippen LogP contribution in [0.1, 0.15) is 78.6 Å². The van der Waals surface area contributed by atoms with Crippen LogP contribution in [0, 0.1) is 28.6 Å². The second-order valence-electron chi connectivity index (χ2n) is 11.1. The summed E-state index contributed by atoms with van der Waals surface area (Å²) in [5.74, 6) is -0.00298. The summed E-state index contributed by atoms with van der Waals surface area (Å²) in [6.45, 7) is 6.44. The van der Waals surface area contributed by atoms with E-state index in [2.05, 4.69) is 19.9 Å². The Labute approximate surface area is 177 Å². The molecule has 3 nitrogen and oxygen atoms in total. The molecule has 4 aliphatic carbocycles. The van der Waals surface area contributed by atoms with E-state index in [0.717, 1.165) is 51.4 Å². The van der Waals surface area contributed by atoms with Gasteiger partial charge in [-0.25, -0.2) is 0 Å². The molecule has 7 atom stereocenters. The highest BCUT2D eigenvalue weighted by molar-refractivity contribution is 5.84. The molecule has 0 radical (unpaired) electrons. The minimum atomic E-state index is -4.77. The van der Waals surface area contributed by atoms with Gasteiger partial charge in [0, 0.05) is 6.42 Å². The monoisotopic (exact) mass is 428 g/mol. The number of aliphatic hydroxyl groups is 1. The first-order chi connectivity index (χ1) is 13.9. The van der Waals surface area contributed by atoms with Crippen molar-refractivity contribution < 1.29 is 27.8 Å². The number of rotatable bonds is 4. The number of hydrogen-bond acceptors (Lipinski definition) is 3. The first-order valence-electron chi connectivity index (χ1n) is 11.5. The third-order valence-corrected chi connectivity index (χ3v) is 9.26. The molecule has 170 valence electrons. The molecule has 4 rings (SSSR count). The van der Waals surface area contributed by atoms with Gasteiger partial charge in [-0.05, 0) is 86.9 Å². The lowest BCUT2D eigenvalue weighted by Crippen LogP contribution is -2.52. The third-order valence-electron chi connectivity index (χ3n) is 9.26. The van der Waals surface area contributed by atoms with Crippen molar-refractivity contribution in [2.45, 2.75) is 96.4 Å². The summed E-state index contributed by atoms with van der Waals surface area (Å²) in [5.41, 5.74) is 0.969. The summed E-state index contributed by atoms with van der Waals surface area (Å²) in [6.07, 6.45) is 4.68. The van der Waals surface area contributed by atoms with Crippen LogP contribution in [0.5, 0.6) is 0 Å². The SMILES string of the molecule is C[C@]1(O)CC[C@@]2(C)C(=CCC3C2CC[C@@]2(C)C3CC[C@@H]2OCCC(=O)C(F)(F)F)C1. The minimum absolute atomic E-state index is 0.0235. The zero-order valence-electron chi connectivity index (χ0n) is 18.4. The van der Waals surface area contributed by atoms with E-state index < -0.39 is 24.0 Å². The lowest BCUT2D eigenvalue weighted by Gasteiger charge is -2.58.